The third kappa shape index (κ3) is 9.21. The molecular formula is C9H16ClNO2. The van der Waals surface area contributed by atoms with E-state index in [0.29, 0.717) is 5.88 Å². The van der Waals surface area contributed by atoms with Crippen LogP contribution in [0, 0.1) is 0 Å². The molecule has 13 heavy (non-hydrogen) atoms. The van der Waals surface area contributed by atoms with Crippen LogP contribution in [0.3, 0.4) is 0 Å². The Bertz CT molecular complexity index is 185. The van der Waals surface area contributed by atoms with E-state index in [1.165, 1.54) is 6.20 Å². The summed E-state index contributed by atoms with van der Waals surface area (Å²) >= 11 is 5.43. The van der Waals surface area contributed by atoms with Gasteiger partial charge < -0.3 is 4.74 Å². The number of alkyl carbamates (subject to hydrolysis) is 1. The Labute approximate surface area is 84.1 Å². The van der Waals surface area contributed by atoms with Gasteiger partial charge in [0, 0.05) is 12.1 Å². The number of allylic oxidation sites excluding steroid dienone is 1. The first-order valence-corrected chi connectivity index (χ1v) is 4.69. The van der Waals surface area contributed by atoms with Gasteiger partial charge in [0.2, 0.25) is 0 Å². The van der Waals surface area contributed by atoms with Gasteiger partial charge in [0.25, 0.3) is 0 Å². The molecule has 0 aliphatic heterocycles. The van der Waals surface area contributed by atoms with Crippen LogP contribution in [0.25, 0.3) is 0 Å². The molecule has 0 radical (unpaired) electrons. The van der Waals surface area contributed by atoms with Crippen molar-refractivity contribution in [2.24, 2.45) is 0 Å². The fourth-order valence-electron chi connectivity index (χ4n) is 0.581. The monoisotopic (exact) mass is 205 g/mol. The van der Waals surface area contributed by atoms with Crippen LogP contribution in [0.5, 0.6) is 0 Å². The first kappa shape index (κ1) is 12.3. The fraction of sp³-hybridized carbons (Fsp3) is 0.667. The van der Waals surface area contributed by atoms with E-state index >= 15 is 0 Å². The maximum Gasteiger partial charge on any atom is 0.411 e. The Morgan fingerprint density at radius 1 is 1.54 bits per heavy atom. The topological polar surface area (TPSA) is 38.3 Å². The zero-order valence-corrected chi connectivity index (χ0v) is 9.02. The minimum absolute atomic E-state index is 0.446. The number of amides is 1. The molecule has 3 nitrogen and oxygen atoms in total. The lowest BCUT2D eigenvalue weighted by molar-refractivity contribution is 0.0552. The standard InChI is InChI=1S/C9H16ClNO2/c1-9(2,3)13-8(12)11-7-5-4-6-10/h5,7H,4,6H2,1-3H3,(H,11,12). The molecule has 0 aromatic heterocycles. The van der Waals surface area contributed by atoms with Crippen molar-refractivity contribution in [2.75, 3.05) is 5.88 Å². The van der Waals surface area contributed by atoms with Crippen LogP contribution >= 0.6 is 11.6 Å². The van der Waals surface area contributed by atoms with Gasteiger partial charge in [-0.15, -0.1) is 11.6 Å². The van der Waals surface area contributed by atoms with E-state index in [1.54, 1.807) is 6.08 Å². The predicted molar refractivity (Wildman–Crippen MR) is 53.8 cm³/mol. The van der Waals surface area contributed by atoms with Crippen molar-refractivity contribution in [1.29, 1.82) is 0 Å². The van der Waals surface area contributed by atoms with Crippen LogP contribution in [0.15, 0.2) is 12.3 Å². The van der Waals surface area contributed by atoms with Crippen LogP contribution in [0.4, 0.5) is 4.79 Å². The number of rotatable bonds is 3. The minimum atomic E-state index is -0.454. The van der Waals surface area contributed by atoms with Crippen LogP contribution in [0.1, 0.15) is 27.2 Å². The molecule has 0 saturated heterocycles. The van der Waals surface area contributed by atoms with Gasteiger partial charge in [0.15, 0.2) is 0 Å². The van der Waals surface area contributed by atoms with E-state index in [0.717, 1.165) is 6.42 Å². The highest BCUT2D eigenvalue weighted by atomic mass is 35.5. The second-order valence-electron chi connectivity index (χ2n) is 3.53. The average molecular weight is 206 g/mol. The molecule has 0 spiro atoms. The molecule has 0 heterocycles. The molecule has 76 valence electrons. The van der Waals surface area contributed by atoms with Gasteiger partial charge in [0.05, 0.1) is 0 Å². The first-order chi connectivity index (χ1) is 5.95. The summed E-state index contributed by atoms with van der Waals surface area (Å²) in [6.45, 7) is 5.44. The van der Waals surface area contributed by atoms with Crippen LogP contribution in [-0.2, 0) is 4.74 Å². The van der Waals surface area contributed by atoms with Crippen LogP contribution in [0.2, 0.25) is 0 Å². The lowest BCUT2D eigenvalue weighted by Gasteiger charge is -2.18. The van der Waals surface area contributed by atoms with E-state index in [9.17, 15) is 4.79 Å². The Balaban J connectivity index is 3.64. The maximum atomic E-state index is 11.0. The van der Waals surface area contributed by atoms with Crippen molar-refractivity contribution >= 4 is 17.7 Å². The second-order valence-corrected chi connectivity index (χ2v) is 3.90. The highest BCUT2D eigenvalue weighted by molar-refractivity contribution is 6.17. The third-order valence-electron chi connectivity index (χ3n) is 0.994. The third-order valence-corrected chi connectivity index (χ3v) is 1.21. The molecule has 0 aliphatic rings. The lowest BCUT2D eigenvalue weighted by atomic mass is 10.2. The van der Waals surface area contributed by atoms with Crippen molar-refractivity contribution in [3.8, 4) is 0 Å². The molecule has 0 aromatic rings. The van der Waals surface area contributed by atoms with Gasteiger partial charge in [-0.1, -0.05) is 6.08 Å². The van der Waals surface area contributed by atoms with Crippen molar-refractivity contribution in [1.82, 2.24) is 5.32 Å². The average Bonchev–Trinajstić information content (AvgIpc) is 1.94. The molecule has 1 amide bonds. The van der Waals surface area contributed by atoms with Gasteiger partial charge in [-0.3, -0.25) is 5.32 Å². The summed E-state index contributed by atoms with van der Waals surface area (Å²) in [5, 5.41) is 2.47. The van der Waals surface area contributed by atoms with Gasteiger partial charge in [-0.2, -0.15) is 0 Å². The van der Waals surface area contributed by atoms with E-state index in [2.05, 4.69) is 5.32 Å². The number of halogens is 1. The molecular weight excluding hydrogens is 190 g/mol. The number of hydrogen-bond donors (Lipinski definition) is 1. The van der Waals surface area contributed by atoms with E-state index in [1.807, 2.05) is 20.8 Å². The molecule has 0 atom stereocenters. The molecule has 0 rings (SSSR count). The largest absolute Gasteiger partial charge is 0.444 e. The number of ether oxygens (including phenoxy) is 1. The van der Waals surface area contributed by atoms with Crippen LogP contribution in [-0.4, -0.2) is 17.6 Å². The lowest BCUT2D eigenvalue weighted by Crippen LogP contribution is -2.29. The van der Waals surface area contributed by atoms with Crippen molar-refractivity contribution in [2.45, 2.75) is 32.8 Å². The molecule has 0 saturated carbocycles. The molecule has 0 aliphatic carbocycles. The summed E-state index contributed by atoms with van der Waals surface area (Å²) in [5.41, 5.74) is -0.454. The molecule has 1 N–H and O–H groups in total. The summed E-state index contributed by atoms with van der Waals surface area (Å²) < 4.78 is 4.98. The zero-order chi connectivity index (χ0) is 10.3. The Morgan fingerprint density at radius 2 is 2.15 bits per heavy atom. The number of nitrogens with one attached hydrogen (secondary N) is 1. The highest BCUT2D eigenvalue weighted by Crippen LogP contribution is 2.06. The first-order valence-electron chi connectivity index (χ1n) is 4.16. The van der Waals surface area contributed by atoms with Crippen LogP contribution < -0.4 is 5.32 Å². The van der Waals surface area contributed by atoms with Gasteiger partial charge >= 0.3 is 6.09 Å². The zero-order valence-electron chi connectivity index (χ0n) is 8.26. The molecule has 0 fully saturated rings. The number of carbonyl (C=O) groups excluding carboxylic acids is 1. The summed E-state index contributed by atoms with van der Waals surface area (Å²) in [4.78, 5) is 11.0. The number of carbonyl (C=O) groups is 1. The fourth-order valence-corrected chi connectivity index (χ4v) is 0.707. The van der Waals surface area contributed by atoms with E-state index in [4.69, 9.17) is 16.3 Å². The van der Waals surface area contributed by atoms with Gasteiger partial charge in [-0.25, -0.2) is 4.79 Å². The quantitative estimate of drug-likeness (QED) is 0.720. The Hall–Kier alpha value is -0.700. The summed E-state index contributed by atoms with van der Waals surface area (Å²) in [6.07, 6.45) is 3.60. The molecule has 0 unspecified atom stereocenters. The van der Waals surface area contributed by atoms with Crippen molar-refractivity contribution in [3.05, 3.63) is 12.3 Å². The normalized spacial score (nSPS) is 11.7. The molecule has 0 aromatic carbocycles. The van der Waals surface area contributed by atoms with Crippen molar-refractivity contribution < 1.29 is 9.53 Å². The summed E-state index contributed by atoms with van der Waals surface area (Å²) in [7, 11) is 0. The highest BCUT2D eigenvalue weighted by Gasteiger charge is 2.14. The number of alkyl halides is 1. The Kier molecular flexibility index (Phi) is 5.55. The SMILES string of the molecule is CC(C)(C)OC(=O)NC=CCCCl. The van der Waals surface area contributed by atoms with Gasteiger partial charge in [0.1, 0.15) is 5.60 Å². The van der Waals surface area contributed by atoms with E-state index in [-0.39, 0.29) is 0 Å². The smallest absolute Gasteiger partial charge is 0.411 e. The van der Waals surface area contributed by atoms with Crippen molar-refractivity contribution in [3.63, 3.8) is 0 Å². The molecule has 4 heteroatoms. The Morgan fingerprint density at radius 3 is 2.62 bits per heavy atom. The summed E-state index contributed by atoms with van der Waals surface area (Å²) in [6, 6.07) is 0. The van der Waals surface area contributed by atoms with Gasteiger partial charge in [-0.05, 0) is 27.2 Å². The predicted octanol–water partition coefficient (Wildman–Crippen LogP) is 2.65. The second kappa shape index (κ2) is 5.86. The minimum Gasteiger partial charge on any atom is -0.444 e. The van der Waals surface area contributed by atoms with E-state index < -0.39 is 11.7 Å². The summed E-state index contributed by atoms with van der Waals surface area (Å²) in [5.74, 6) is 0.548. The maximum absolute atomic E-state index is 11.0. The number of hydrogen-bond acceptors (Lipinski definition) is 2. The molecule has 0 bridgehead atoms.